The number of benzene rings is 2. The first-order chi connectivity index (χ1) is 15.8. The molecule has 2 N–H and O–H groups in total. The second-order valence-corrected chi connectivity index (χ2v) is 8.33. The van der Waals surface area contributed by atoms with Gasteiger partial charge in [-0.1, -0.05) is 35.0 Å². The van der Waals surface area contributed by atoms with Crippen LogP contribution in [-0.4, -0.2) is 58.2 Å². The first kappa shape index (κ1) is 24.4. The lowest BCUT2D eigenvalue weighted by atomic mass is 10.1. The van der Waals surface area contributed by atoms with Crippen LogP contribution in [0.1, 0.15) is 25.0 Å². The molecule has 0 bridgehead atoms. The molecule has 1 aliphatic heterocycles. The summed E-state index contributed by atoms with van der Waals surface area (Å²) in [6.45, 7) is 5.19. The standard InChI is InChI=1S/C24H26ClFN4O3/c1-16(28-33)23-15-29(14-18-3-8-21(26)9-4-18)11-12-30(23)24(32)10-6-19-5-7-20(25)13-22(19)27-17(2)31/h3-10,13,23,33H,11-12,14-15H2,1-2H3,(H,27,31)/b10-6+,28-16-/t23-/m0/s1. The van der Waals surface area contributed by atoms with Crippen molar-refractivity contribution < 1.29 is 19.2 Å². The second kappa shape index (κ2) is 11.1. The summed E-state index contributed by atoms with van der Waals surface area (Å²) in [5, 5.41) is 15.9. The fraction of sp³-hybridized carbons (Fsp3) is 0.292. The van der Waals surface area contributed by atoms with Crippen molar-refractivity contribution >= 4 is 40.9 Å². The Kier molecular flexibility index (Phi) is 8.19. The van der Waals surface area contributed by atoms with E-state index in [1.54, 1.807) is 48.2 Å². The van der Waals surface area contributed by atoms with Gasteiger partial charge in [-0.15, -0.1) is 0 Å². The highest BCUT2D eigenvalue weighted by molar-refractivity contribution is 6.31. The number of amides is 2. The number of hydrogen-bond donors (Lipinski definition) is 2. The van der Waals surface area contributed by atoms with Crippen LogP contribution in [0, 0.1) is 5.82 Å². The topological polar surface area (TPSA) is 85.2 Å². The summed E-state index contributed by atoms with van der Waals surface area (Å²) in [4.78, 5) is 28.3. The van der Waals surface area contributed by atoms with Gasteiger partial charge in [0.2, 0.25) is 11.8 Å². The van der Waals surface area contributed by atoms with Crippen molar-refractivity contribution in [2.24, 2.45) is 5.16 Å². The third-order valence-corrected chi connectivity index (χ3v) is 5.67. The molecule has 0 spiro atoms. The number of oxime groups is 1. The average Bonchev–Trinajstić information content (AvgIpc) is 2.79. The molecule has 0 saturated carbocycles. The molecule has 0 aliphatic carbocycles. The molecule has 3 rings (SSSR count). The van der Waals surface area contributed by atoms with Crippen molar-refractivity contribution in [2.45, 2.75) is 26.4 Å². The summed E-state index contributed by atoms with van der Waals surface area (Å²) in [6, 6.07) is 10.9. The van der Waals surface area contributed by atoms with Crippen LogP contribution in [0.4, 0.5) is 10.1 Å². The van der Waals surface area contributed by atoms with Crippen LogP contribution in [0.3, 0.4) is 0 Å². The molecule has 1 aliphatic rings. The van der Waals surface area contributed by atoms with Crippen molar-refractivity contribution in [3.05, 3.63) is 70.5 Å². The molecule has 2 amide bonds. The monoisotopic (exact) mass is 472 g/mol. The number of nitrogens with one attached hydrogen (secondary N) is 1. The maximum Gasteiger partial charge on any atom is 0.247 e. The molecule has 0 unspecified atom stereocenters. The molecule has 2 aromatic carbocycles. The lowest BCUT2D eigenvalue weighted by Gasteiger charge is -2.40. The smallest absolute Gasteiger partial charge is 0.247 e. The van der Waals surface area contributed by atoms with Gasteiger partial charge in [0.25, 0.3) is 0 Å². The predicted molar refractivity (Wildman–Crippen MR) is 127 cm³/mol. The Morgan fingerprint density at radius 2 is 1.94 bits per heavy atom. The Morgan fingerprint density at radius 1 is 1.21 bits per heavy atom. The number of carbonyl (C=O) groups excluding carboxylic acids is 2. The minimum absolute atomic E-state index is 0.242. The second-order valence-electron chi connectivity index (χ2n) is 7.90. The van der Waals surface area contributed by atoms with Crippen molar-refractivity contribution in [1.82, 2.24) is 9.80 Å². The molecule has 0 aromatic heterocycles. The zero-order valence-corrected chi connectivity index (χ0v) is 19.2. The van der Waals surface area contributed by atoms with E-state index in [0.717, 1.165) is 5.56 Å². The van der Waals surface area contributed by atoms with E-state index in [0.29, 0.717) is 48.2 Å². The van der Waals surface area contributed by atoms with Gasteiger partial charge in [-0.3, -0.25) is 14.5 Å². The summed E-state index contributed by atoms with van der Waals surface area (Å²) in [5.41, 5.74) is 2.53. The number of anilines is 1. The van der Waals surface area contributed by atoms with Gasteiger partial charge in [-0.05, 0) is 48.4 Å². The third kappa shape index (κ3) is 6.63. The number of rotatable bonds is 6. The van der Waals surface area contributed by atoms with E-state index in [9.17, 15) is 19.2 Å². The van der Waals surface area contributed by atoms with Gasteiger partial charge in [-0.2, -0.15) is 0 Å². The van der Waals surface area contributed by atoms with Gasteiger partial charge in [0.05, 0.1) is 11.8 Å². The summed E-state index contributed by atoms with van der Waals surface area (Å²) in [5.74, 6) is -0.775. The average molecular weight is 473 g/mol. The normalized spacial score (nSPS) is 17.4. The Labute approximate surface area is 197 Å². The first-order valence-electron chi connectivity index (χ1n) is 10.5. The molecular formula is C24H26ClFN4O3. The molecule has 1 saturated heterocycles. The minimum Gasteiger partial charge on any atom is -0.411 e. The van der Waals surface area contributed by atoms with E-state index < -0.39 is 6.04 Å². The number of halogens is 2. The molecular weight excluding hydrogens is 447 g/mol. The fourth-order valence-corrected chi connectivity index (χ4v) is 3.92. The highest BCUT2D eigenvalue weighted by Crippen LogP contribution is 2.23. The quantitative estimate of drug-likeness (QED) is 0.288. The number of piperazine rings is 1. The Hall–Kier alpha value is -3.23. The highest BCUT2D eigenvalue weighted by atomic mass is 35.5. The summed E-state index contributed by atoms with van der Waals surface area (Å²) in [6.07, 6.45) is 3.05. The van der Waals surface area contributed by atoms with Crippen LogP contribution >= 0.6 is 11.6 Å². The van der Waals surface area contributed by atoms with E-state index in [1.165, 1.54) is 25.1 Å². The van der Waals surface area contributed by atoms with E-state index >= 15 is 0 Å². The molecule has 1 atom stereocenters. The molecule has 174 valence electrons. The van der Waals surface area contributed by atoms with Crippen molar-refractivity contribution in [3.63, 3.8) is 0 Å². The fourth-order valence-electron chi connectivity index (χ4n) is 3.75. The van der Waals surface area contributed by atoms with Gasteiger partial charge in [0.15, 0.2) is 0 Å². The minimum atomic E-state index is -0.415. The molecule has 9 heteroatoms. The first-order valence-corrected chi connectivity index (χ1v) is 10.9. The van der Waals surface area contributed by atoms with Crippen LogP contribution in [-0.2, 0) is 16.1 Å². The third-order valence-electron chi connectivity index (χ3n) is 5.44. The maximum atomic E-state index is 13.2. The van der Waals surface area contributed by atoms with Crippen LogP contribution in [0.25, 0.3) is 6.08 Å². The highest BCUT2D eigenvalue weighted by Gasteiger charge is 2.31. The van der Waals surface area contributed by atoms with Crippen LogP contribution in [0.2, 0.25) is 5.02 Å². The summed E-state index contributed by atoms with van der Waals surface area (Å²) in [7, 11) is 0. The van der Waals surface area contributed by atoms with Crippen LogP contribution < -0.4 is 5.32 Å². The van der Waals surface area contributed by atoms with E-state index in [2.05, 4.69) is 15.4 Å². The Balaban J connectivity index is 1.74. The zero-order chi connectivity index (χ0) is 24.0. The predicted octanol–water partition coefficient (Wildman–Crippen LogP) is 4.01. The SMILES string of the molecule is CC(=O)Nc1cc(Cl)ccc1/C=C/C(=O)N1CCN(Cc2ccc(F)cc2)C[C@H]1/C(C)=N\O. The van der Waals surface area contributed by atoms with Crippen LogP contribution in [0.15, 0.2) is 53.7 Å². The largest absolute Gasteiger partial charge is 0.411 e. The summed E-state index contributed by atoms with van der Waals surface area (Å²) >= 11 is 6.02. The molecule has 7 nitrogen and oxygen atoms in total. The Bertz CT molecular complexity index is 1070. The molecule has 0 radical (unpaired) electrons. The van der Waals surface area contributed by atoms with Crippen molar-refractivity contribution in [3.8, 4) is 0 Å². The zero-order valence-electron chi connectivity index (χ0n) is 18.5. The van der Waals surface area contributed by atoms with E-state index in [-0.39, 0.29) is 17.6 Å². The van der Waals surface area contributed by atoms with Crippen LogP contribution in [0.5, 0.6) is 0 Å². The molecule has 1 heterocycles. The number of carbonyl (C=O) groups is 2. The maximum absolute atomic E-state index is 13.2. The van der Waals surface area contributed by atoms with Gasteiger partial charge >= 0.3 is 0 Å². The Morgan fingerprint density at radius 3 is 2.61 bits per heavy atom. The number of nitrogens with zero attached hydrogens (tertiary/aromatic N) is 3. The van der Waals surface area contributed by atoms with Gasteiger partial charge in [-0.25, -0.2) is 4.39 Å². The lowest BCUT2D eigenvalue weighted by molar-refractivity contribution is -0.129. The van der Waals surface area contributed by atoms with E-state index in [1.807, 2.05) is 0 Å². The molecule has 2 aromatic rings. The molecule has 33 heavy (non-hydrogen) atoms. The summed E-state index contributed by atoms with van der Waals surface area (Å²) < 4.78 is 13.2. The van der Waals surface area contributed by atoms with Gasteiger partial charge in [0, 0.05) is 49.9 Å². The van der Waals surface area contributed by atoms with E-state index in [4.69, 9.17) is 11.6 Å². The van der Waals surface area contributed by atoms with Crippen molar-refractivity contribution in [2.75, 3.05) is 25.0 Å². The lowest BCUT2D eigenvalue weighted by Crippen LogP contribution is -2.57. The van der Waals surface area contributed by atoms with Gasteiger partial charge in [0.1, 0.15) is 5.82 Å². The molecule has 1 fully saturated rings. The van der Waals surface area contributed by atoms with Crippen molar-refractivity contribution in [1.29, 1.82) is 0 Å². The number of hydrogen-bond acceptors (Lipinski definition) is 5. The van der Waals surface area contributed by atoms with Gasteiger partial charge < -0.3 is 15.4 Å².